The Morgan fingerprint density at radius 1 is 1.32 bits per heavy atom. The molecular weight excluding hydrogens is 251 g/mol. The first kappa shape index (κ1) is 12.4. The van der Waals surface area contributed by atoms with Crippen LogP contribution in [0.4, 0.5) is 4.39 Å². The first-order valence-corrected chi connectivity index (χ1v) is 6.28. The predicted molar refractivity (Wildman–Crippen MR) is 67.8 cm³/mol. The molecule has 2 atom stereocenters. The predicted octanol–water partition coefficient (Wildman–Crippen LogP) is 0.609. The van der Waals surface area contributed by atoms with Crippen molar-refractivity contribution in [1.82, 2.24) is 9.47 Å². The number of aliphatic hydroxyl groups excluding tert-OH is 1. The molecule has 0 amide bonds. The third-order valence-corrected chi connectivity index (χ3v) is 3.51. The van der Waals surface area contributed by atoms with Crippen LogP contribution < -0.4 is 5.76 Å². The third kappa shape index (κ3) is 2.29. The molecule has 1 fully saturated rings. The Bertz CT molecular complexity index is 626. The van der Waals surface area contributed by atoms with Crippen molar-refractivity contribution in [2.45, 2.75) is 18.8 Å². The molecular formula is C13H15FN2O3. The van der Waals surface area contributed by atoms with E-state index in [1.54, 1.807) is 12.1 Å². The van der Waals surface area contributed by atoms with Crippen LogP contribution in [0.25, 0.3) is 11.1 Å². The molecule has 5 nitrogen and oxygen atoms in total. The lowest BCUT2D eigenvalue weighted by Crippen LogP contribution is -2.28. The number of aromatic nitrogens is 1. The first-order valence-electron chi connectivity index (χ1n) is 6.28. The number of rotatable bonds is 3. The van der Waals surface area contributed by atoms with Crippen molar-refractivity contribution < 1.29 is 13.9 Å². The zero-order chi connectivity index (χ0) is 13.4. The maximum Gasteiger partial charge on any atom is 0.419 e. The standard InChI is InChI=1S/C13H15FN2O3/c14-9-7-15(8-11(9)17)5-6-16-10-3-1-2-4-12(10)19-13(16)18/h1-4,9,11,17H,5-8H2/t9-,11-/m1/s1. The molecule has 1 saturated heterocycles. The smallest absolute Gasteiger partial charge is 0.408 e. The van der Waals surface area contributed by atoms with E-state index < -0.39 is 18.0 Å². The molecule has 1 aliphatic heterocycles. The lowest BCUT2D eigenvalue weighted by molar-refractivity contribution is 0.115. The van der Waals surface area contributed by atoms with Crippen LogP contribution in [-0.2, 0) is 6.54 Å². The quantitative estimate of drug-likeness (QED) is 0.884. The molecule has 1 N–H and O–H groups in total. The second kappa shape index (κ2) is 4.79. The van der Waals surface area contributed by atoms with Gasteiger partial charge in [0.2, 0.25) is 0 Å². The summed E-state index contributed by atoms with van der Waals surface area (Å²) >= 11 is 0. The molecule has 0 unspecified atom stereocenters. The second-order valence-electron chi connectivity index (χ2n) is 4.83. The van der Waals surface area contributed by atoms with Crippen molar-refractivity contribution in [3.63, 3.8) is 0 Å². The van der Waals surface area contributed by atoms with E-state index in [1.165, 1.54) is 4.57 Å². The molecule has 0 bridgehead atoms. The molecule has 102 valence electrons. The van der Waals surface area contributed by atoms with Gasteiger partial charge >= 0.3 is 5.76 Å². The number of nitrogens with zero attached hydrogens (tertiary/aromatic N) is 2. The number of oxazole rings is 1. The van der Waals surface area contributed by atoms with E-state index in [0.717, 1.165) is 5.52 Å². The molecule has 3 rings (SSSR count). The summed E-state index contributed by atoms with van der Waals surface area (Å²) in [5.74, 6) is -0.405. The average Bonchev–Trinajstić information content (AvgIpc) is 2.87. The molecule has 0 aliphatic carbocycles. The number of aliphatic hydroxyl groups is 1. The van der Waals surface area contributed by atoms with E-state index in [4.69, 9.17) is 4.42 Å². The van der Waals surface area contributed by atoms with Crippen LogP contribution in [0.5, 0.6) is 0 Å². The Labute approximate surface area is 108 Å². The average molecular weight is 266 g/mol. The van der Waals surface area contributed by atoms with Gasteiger partial charge in [-0.15, -0.1) is 0 Å². The topological polar surface area (TPSA) is 58.6 Å². The highest BCUT2D eigenvalue weighted by molar-refractivity contribution is 5.72. The summed E-state index contributed by atoms with van der Waals surface area (Å²) in [5, 5.41) is 9.35. The van der Waals surface area contributed by atoms with Crippen molar-refractivity contribution in [3.05, 3.63) is 34.8 Å². The number of β-amino-alcohol motifs (C(OH)–C–C–N with tert-alkyl or cyclic N) is 1. The number of halogens is 1. The Hall–Kier alpha value is -1.66. The van der Waals surface area contributed by atoms with Crippen LogP contribution in [-0.4, -0.2) is 46.5 Å². The molecule has 0 radical (unpaired) electrons. The number of hydrogen-bond donors (Lipinski definition) is 1. The minimum atomic E-state index is -1.20. The third-order valence-electron chi connectivity index (χ3n) is 3.51. The summed E-state index contributed by atoms with van der Waals surface area (Å²) in [5.41, 5.74) is 1.29. The van der Waals surface area contributed by atoms with Gasteiger partial charge in [0.05, 0.1) is 11.6 Å². The van der Waals surface area contributed by atoms with Gasteiger partial charge in [-0.1, -0.05) is 12.1 Å². The highest BCUT2D eigenvalue weighted by Gasteiger charge is 2.30. The van der Waals surface area contributed by atoms with E-state index in [1.807, 2.05) is 17.0 Å². The Morgan fingerprint density at radius 2 is 2.11 bits per heavy atom. The molecule has 0 spiro atoms. The Balaban J connectivity index is 1.76. The summed E-state index contributed by atoms with van der Waals surface area (Å²) in [7, 11) is 0. The number of alkyl halides is 1. The Kier molecular flexibility index (Phi) is 3.12. The number of fused-ring (bicyclic) bond motifs is 1. The highest BCUT2D eigenvalue weighted by atomic mass is 19.1. The molecule has 2 heterocycles. The summed E-state index contributed by atoms with van der Waals surface area (Å²) in [4.78, 5) is 13.5. The van der Waals surface area contributed by atoms with Gasteiger partial charge in [0, 0.05) is 26.2 Å². The van der Waals surface area contributed by atoms with Crippen LogP contribution in [0.1, 0.15) is 0 Å². The van der Waals surface area contributed by atoms with Crippen LogP contribution in [0.3, 0.4) is 0 Å². The maximum atomic E-state index is 13.2. The molecule has 0 saturated carbocycles. The van der Waals surface area contributed by atoms with Crippen molar-refractivity contribution in [1.29, 1.82) is 0 Å². The van der Waals surface area contributed by atoms with Crippen LogP contribution in [0.15, 0.2) is 33.5 Å². The van der Waals surface area contributed by atoms with Gasteiger partial charge in [-0.25, -0.2) is 9.18 Å². The number of likely N-dealkylation sites (tertiary alicyclic amines) is 1. The minimum Gasteiger partial charge on any atom is -0.408 e. The fourth-order valence-corrected chi connectivity index (χ4v) is 2.47. The lowest BCUT2D eigenvalue weighted by atomic mass is 10.3. The van der Waals surface area contributed by atoms with Crippen molar-refractivity contribution in [3.8, 4) is 0 Å². The SMILES string of the molecule is O=c1oc2ccccc2n1CCN1C[C@@H](O)[C@H](F)C1. The number of hydrogen-bond acceptors (Lipinski definition) is 4. The van der Waals surface area contributed by atoms with Gasteiger partial charge < -0.3 is 9.52 Å². The van der Waals surface area contributed by atoms with E-state index in [-0.39, 0.29) is 6.54 Å². The number of para-hydroxylation sites is 2. The number of benzene rings is 1. The van der Waals surface area contributed by atoms with Gasteiger partial charge in [-0.2, -0.15) is 0 Å². The Morgan fingerprint density at radius 3 is 2.84 bits per heavy atom. The van der Waals surface area contributed by atoms with Crippen LogP contribution >= 0.6 is 0 Å². The minimum absolute atomic E-state index is 0.214. The van der Waals surface area contributed by atoms with Crippen molar-refractivity contribution in [2.75, 3.05) is 19.6 Å². The monoisotopic (exact) mass is 266 g/mol. The zero-order valence-corrected chi connectivity index (χ0v) is 10.3. The maximum absolute atomic E-state index is 13.2. The van der Waals surface area contributed by atoms with Gasteiger partial charge in [0.15, 0.2) is 5.58 Å². The van der Waals surface area contributed by atoms with Gasteiger partial charge in [-0.05, 0) is 12.1 Å². The second-order valence-corrected chi connectivity index (χ2v) is 4.83. The van der Waals surface area contributed by atoms with Gasteiger partial charge in [0.1, 0.15) is 6.17 Å². The van der Waals surface area contributed by atoms with Crippen LogP contribution in [0, 0.1) is 0 Å². The summed E-state index contributed by atoms with van der Waals surface area (Å²) in [6, 6.07) is 7.20. The normalized spacial score (nSPS) is 24.3. The van der Waals surface area contributed by atoms with E-state index in [9.17, 15) is 14.3 Å². The summed E-state index contributed by atoms with van der Waals surface area (Å²) < 4.78 is 19.8. The fourth-order valence-electron chi connectivity index (χ4n) is 2.47. The molecule has 19 heavy (non-hydrogen) atoms. The van der Waals surface area contributed by atoms with E-state index in [2.05, 4.69) is 0 Å². The van der Waals surface area contributed by atoms with Gasteiger partial charge in [-0.3, -0.25) is 9.47 Å². The largest absolute Gasteiger partial charge is 0.419 e. The first-order chi connectivity index (χ1) is 9.15. The van der Waals surface area contributed by atoms with Crippen molar-refractivity contribution in [2.24, 2.45) is 0 Å². The molecule has 1 aromatic heterocycles. The zero-order valence-electron chi connectivity index (χ0n) is 10.3. The fraction of sp³-hybridized carbons (Fsp3) is 0.462. The highest BCUT2D eigenvalue weighted by Crippen LogP contribution is 2.15. The van der Waals surface area contributed by atoms with E-state index >= 15 is 0 Å². The lowest BCUT2D eigenvalue weighted by Gasteiger charge is -2.14. The van der Waals surface area contributed by atoms with Gasteiger partial charge in [0.25, 0.3) is 0 Å². The summed E-state index contributed by atoms with van der Waals surface area (Å²) in [6.45, 7) is 1.47. The molecule has 2 aromatic rings. The molecule has 1 aromatic carbocycles. The van der Waals surface area contributed by atoms with Crippen LogP contribution in [0.2, 0.25) is 0 Å². The molecule has 1 aliphatic rings. The summed E-state index contributed by atoms with van der Waals surface area (Å²) in [6.07, 6.45) is -2.12. The molecule has 6 heteroatoms. The van der Waals surface area contributed by atoms with E-state index in [0.29, 0.717) is 25.2 Å². The van der Waals surface area contributed by atoms with Crippen molar-refractivity contribution >= 4 is 11.1 Å².